The van der Waals surface area contributed by atoms with Gasteiger partial charge in [0, 0.05) is 36.3 Å². The summed E-state index contributed by atoms with van der Waals surface area (Å²) in [6.45, 7) is 1.32. The molecule has 4 aromatic rings. The molecule has 0 saturated carbocycles. The van der Waals surface area contributed by atoms with E-state index in [-0.39, 0.29) is 30.0 Å². The van der Waals surface area contributed by atoms with Crippen LogP contribution in [-0.2, 0) is 14.4 Å². The summed E-state index contributed by atoms with van der Waals surface area (Å²) in [5, 5.41) is 5.06. The topological polar surface area (TPSA) is 110 Å². The zero-order valence-electron chi connectivity index (χ0n) is 21.7. The minimum atomic E-state index is -0.687. The molecule has 40 heavy (non-hydrogen) atoms. The van der Waals surface area contributed by atoms with Crippen LogP contribution in [0.3, 0.4) is 0 Å². The Morgan fingerprint density at radius 3 is 2.55 bits per heavy atom. The van der Waals surface area contributed by atoms with Gasteiger partial charge in [-0.1, -0.05) is 18.2 Å². The molecule has 5 rings (SSSR count). The molecule has 1 aliphatic heterocycles. The SMILES string of the molecule is COc1ccc2c(Oc3ccc(NC(=O)C4=C(CC(=O)C(C)=O)NN(c5ccccc5)C4)cc3F)ccnc2c1. The van der Waals surface area contributed by atoms with Crippen molar-refractivity contribution in [3.8, 4) is 17.2 Å². The van der Waals surface area contributed by atoms with E-state index in [9.17, 15) is 14.4 Å². The maximum absolute atomic E-state index is 15.1. The van der Waals surface area contributed by atoms with Crippen LogP contribution in [-0.4, -0.2) is 36.1 Å². The van der Waals surface area contributed by atoms with Gasteiger partial charge in [0.05, 0.1) is 42.5 Å². The minimum Gasteiger partial charge on any atom is -0.497 e. The van der Waals surface area contributed by atoms with Crippen molar-refractivity contribution in [3.63, 3.8) is 0 Å². The van der Waals surface area contributed by atoms with E-state index in [2.05, 4.69) is 15.7 Å². The summed E-state index contributed by atoms with van der Waals surface area (Å²) in [5.41, 5.74) is 5.22. The number of hydrazine groups is 1. The molecule has 1 amide bonds. The summed E-state index contributed by atoms with van der Waals surface area (Å²) in [4.78, 5) is 41.3. The monoisotopic (exact) mass is 540 g/mol. The number of aromatic nitrogens is 1. The largest absolute Gasteiger partial charge is 0.497 e. The number of hydrogen-bond donors (Lipinski definition) is 2. The molecule has 0 bridgehead atoms. The number of benzene rings is 3. The van der Waals surface area contributed by atoms with Crippen LogP contribution < -0.4 is 25.2 Å². The molecule has 0 saturated heterocycles. The molecular formula is C30H25FN4O5. The first-order valence-corrected chi connectivity index (χ1v) is 12.4. The van der Waals surface area contributed by atoms with Gasteiger partial charge in [-0.2, -0.15) is 0 Å². The Kier molecular flexibility index (Phi) is 7.41. The fraction of sp³-hybridized carbons (Fsp3) is 0.133. The summed E-state index contributed by atoms with van der Waals surface area (Å²) < 4.78 is 26.1. The fourth-order valence-electron chi connectivity index (χ4n) is 4.23. The lowest BCUT2D eigenvalue weighted by Gasteiger charge is -2.20. The average Bonchev–Trinajstić information content (AvgIpc) is 3.38. The molecule has 1 aliphatic rings. The van der Waals surface area contributed by atoms with Crippen molar-refractivity contribution in [3.05, 3.63) is 96.1 Å². The van der Waals surface area contributed by atoms with Crippen LogP contribution in [0.15, 0.2) is 90.3 Å². The van der Waals surface area contributed by atoms with Crippen molar-refractivity contribution in [2.45, 2.75) is 13.3 Å². The van der Waals surface area contributed by atoms with Gasteiger partial charge >= 0.3 is 0 Å². The fourth-order valence-corrected chi connectivity index (χ4v) is 4.23. The number of amides is 1. The summed E-state index contributed by atoms with van der Waals surface area (Å²) >= 11 is 0. The summed E-state index contributed by atoms with van der Waals surface area (Å²) in [5.74, 6) is -1.44. The number of ketones is 2. The van der Waals surface area contributed by atoms with Gasteiger partial charge in [-0.05, 0) is 42.5 Å². The predicted molar refractivity (Wildman–Crippen MR) is 148 cm³/mol. The molecule has 0 unspecified atom stereocenters. The number of rotatable bonds is 9. The quantitative estimate of drug-likeness (QED) is 0.287. The number of anilines is 2. The Hall–Kier alpha value is -5.25. The number of hydrogen-bond acceptors (Lipinski definition) is 8. The first-order valence-electron chi connectivity index (χ1n) is 12.4. The maximum Gasteiger partial charge on any atom is 0.255 e. The van der Waals surface area contributed by atoms with E-state index in [1.165, 1.54) is 19.1 Å². The first kappa shape index (κ1) is 26.4. The molecule has 0 spiro atoms. The Morgan fingerprint density at radius 2 is 1.82 bits per heavy atom. The maximum atomic E-state index is 15.1. The number of pyridine rings is 1. The van der Waals surface area contributed by atoms with Crippen LogP contribution in [0, 0.1) is 5.82 Å². The molecule has 9 nitrogen and oxygen atoms in total. The van der Waals surface area contributed by atoms with Crippen LogP contribution in [0.4, 0.5) is 15.8 Å². The highest BCUT2D eigenvalue weighted by molar-refractivity contribution is 6.36. The zero-order valence-corrected chi connectivity index (χ0v) is 21.7. The molecular weight excluding hydrogens is 515 g/mol. The Labute approximate surface area is 229 Å². The van der Waals surface area contributed by atoms with E-state index in [4.69, 9.17) is 9.47 Å². The second-order valence-corrected chi connectivity index (χ2v) is 9.04. The van der Waals surface area contributed by atoms with Crippen LogP contribution >= 0.6 is 0 Å². The van der Waals surface area contributed by atoms with Crippen molar-refractivity contribution < 1.29 is 28.2 Å². The van der Waals surface area contributed by atoms with Crippen LogP contribution in [0.25, 0.3) is 10.9 Å². The molecule has 202 valence electrons. The van der Waals surface area contributed by atoms with E-state index >= 15 is 4.39 Å². The van der Waals surface area contributed by atoms with E-state index in [1.807, 2.05) is 30.3 Å². The van der Waals surface area contributed by atoms with Crippen LogP contribution in [0.1, 0.15) is 13.3 Å². The number of nitrogens with one attached hydrogen (secondary N) is 2. The third-order valence-corrected chi connectivity index (χ3v) is 6.34. The van der Waals surface area contributed by atoms with E-state index < -0.39 is 23.3 Å². The third kappa shape index (κ3) is 5.60. The van der Waals surface area contributed by atoms with Gasteiger partial charge in [0.15, 0.2) is 17.3 Å². The van der Waals surface area contributed by atoms with Gasteiger partial charge in [0.2, 0.25) is 5.78 Å². The number of ether oxygens (including phenoxy) is 2. The molecule has 0 radical (unpaired) electrons. The zero-order chi connectivity index (χ0) is 28.2. The highest BCUT2D eigenvalue weighted by atomic mass is 19.1. The number of methoxy groups -OCH3 is 1. The number of carbonyl (C=O) groups excluding carboxylic acids is 3. The molecule has 3 aromatic carbocycles. The molecule has 2 heterocycles. The average molecular weight is 541 g/mol. The Bertz CT molecular complexity index is 1660. The predicted octanol–water partition coefficient (Wildman–Crippen LogP) is 4.94. The highest BCUT2D eigenvalue weighted by Gasteiger charge is 2.29. The first-order chi connectivity index (χ1) is 19.3. The number of para-hydroxylation sites is 1. The number of nitrogens with zero attached hydrogens (tertiary/aromatic N) is 2. The van der Waals surface area contributed by atoms with Gasteiger partial charge in [0.1, 0.15) is 11.5 Å². The minimum absolute atomic E-state index is 0.0361. The van der Waals surface area contributed by atoms with Crippen molar-refractivity contribution in [1.29, 1.82) is 0 Å². The lowest BCUT2D eigenvalue weighted by atomic mass is 10.1. The van der Waals surface area contributed by atoms with Crippen molar-refractivity contribution in [1.82, 2.24) is 10.4 Å². The molecule has 0 fully saturated rings. The normalized spacial score (nSPS) is 12.7. The number of halogens is 1. The van der Waals surface area contributed by atoms with E-state index in [0.717, 1.165) is 11.8 Å². The van der Waals surface area contributed by atoms with Gasteiger partial charge in [0.25, 0.3) is 5.91 Å². The number of Topliss-reactive ketones (excluding diaryl/α,β-unsaturated/α-hetero) is 2. The van der Waals surface area contributed by atoms with Gasteiger partial charge in [-0.3, -0.25) is 24.4 Å². The van der Waals surface area contributed by atoms with Crippen molar-refractivity contribution in [2.24, 2.45) is 0 Å². The smallest absolute Gasteiger partial charge is 0.255 e. The summed E-state index contributed by atoms with van der Waals surface area (Å²) in [6, 6.07) is 20.2. The second-order valence-electron chi connectivity index (χ2n) is 9.04. The molecule has 10 heteroatoms. The lowest BCUT2D eigenvalue weighted by Crippen LogP contribution is -2.33. The molecule has 0 aliphatic carbocycles. The Balaban J connectivity index is 1.35. The molecule has 0 atom stereocenters. The molecule has 1 aromatic heterocycles. The number of allylic oxidation sites excluding steroid dienone is 1. The van der Waals surface area contributed by atoms with Crippen LogP contribution in [0.2, 0.25) is 0 Å². The van der Waals surface area contributed by atoms with Crippen molar-refractivity contribution >= 4 is 39.8 Å². The molecule has 2 N–H and O–H groups in total. The summed E-state index contributed by atoms with van der Waals surface area (Å²) in [7, 11) is 1.56. The van der Waals surface area contributed by atoms with E-state index in [1.54, 1.807) is 42.6 Å². The van der Waals surface area contributed by atoms with Crippen molar-refractivity contribution in [2.75, 3.05) is 24.0 Å². The number of fused-ring (bicyclic) bond motifs is 1. The standard InChI is InChI=1S/C30H25FN4O5/c1-18(36)27(37)16-26-23(17-35(34-26)20-6-4-3-5-7-20)30(38)33-19-8-11-29(24(31)14-19)40-28-12-13-32-25-15-21(39-2)9-10-22(25)28/h3-15,34H,16-17H2,1-2H3,(H,33,38). The Morgan fingerprint density at radius 1 is 1.02 bits per heavy atom. The second kappa shape index (κ2) is 11.2. The third-order valence-electron chi connectivity index (χ3n) is 6.34. The van der Waals surface area contributed by atoms with Gasteiger partial charge in [-0.15, -0.1) is 0 Å². The van der Waals surface area contributed by atoms with Gasteiger partial charge in [-0.25, -0.2) is 4.39 Å². The van der Waals surface area contributed by atoms with E-state index in [0.29, 0.717) is 28.1 Å². The van der Waals surface area contributed by atoms with Crippen LogP contribution in [0.5, 0.6) is 17.2 Å². The van der Waals surface area contributed by atoms with Gasteiger partial charge < -0.3 is 20.2 Å². The summed E-state index contributed by atoms with van der Waals surface area (Å²) in [6.07, 6.45) is 1.30. The highest BCUT2D eigenvalue weighted by Crippen LogP contribution is 2.33. The lowest BCUT2D eigenvalue weighted by molar-refractivity contribution is -0.135. The number of carbonyl (C=O) groups is 3.